The summed E-state index contributed by atoms with van der Waals surface area (Å²) in [5.41, 5.74) is 0. The Hall–Kier alpha value is -0.710. The van der Waals surface area contributed by atoms with Gasteiger partial charge in [-0.05, 0) is 51.1 Å². The van der Waals surface area contributed by atoms with E-state index in [2.05, 4.69) is 12.2 Å². The van der Waals surface area contributed by atoms with Gasteiger partial charge in [-0.15, -0.1) is 0 Å². The Bertz CT molecular complexity index is 333. The van der Waals surface area contributed by atoms with Gasteiger partial charge >= 0.3 is 0 Å². The standard InChI is InChI=1S/C16H28F2N2O/c1-2-11-20(12-13-5-9-19-10-6-13)15(21)14-3-7-16(17,18)8-4-14/h13-14,19H,2-12H2,1H3. The lowest BCUT2D eigenvalue weighted by atomic mass is 9.85. The van der Waals surface area contributed by atoms with Crippen molar-refractivity contribution in [1.82, 2.24) is 10.2 Å². The van der Waals surface area contributed by atoms with E-state index in [1.807, 2.05) is 4.90 Å². The third-order valence-corrected chi connectivity index (χ3v) is 4.81. The Morgan fingerprint density at radius 3 is 2.38 bits per heavy atom. The van der Waals surface area contributed by atoms with Gasteiger partial charge in [0.15, 0.2) is 0 Å². The second kappa shape index (κ2) is 7.52. The summed E-state index contributed by atoms with van der Waals surface area (Å²) in [4.78, 5) is 14.6. The third kappa shape index (κ3) is 4.90. The number of nitrogens with one attached hydrogen (secondary N) is 1. The second-order valence-electron chi connectivity index (χ2n) is 6.61. The summed E-state index contributed by atoms with van der Waals surface area (Å²) in [6.07, 6.45) is 3.58. The number of hydrogen-bond acceptors (Lipinski definition) is 2. The van der Waals surface area contributed by atoms with Crippen molar-refractivity contribution < 1.29 is 13.6 Å². The fourth-order valence-corrected chi connectivity index (χ4v) is 3.48. The highest BCUT2D eigenvalue weighted by molar-refractivity contribution is 5.79. The van der Waals surface area contributed by atoms with E-state index in [-0.39, 0.29) is 24.7 Å². The summed E-state index contributed by atoms with van der Waals surface area (Å²) in [5, 5.41) is 3.33. The molecule has 2 aliphatic rings. The van der Waals surface area contributed by atoms with Crippen molar-refractivity contribution in [2.45, 2.75) is 57.8 Å². The van der Waals surface area contributed by atoms with Crippen molar-refractivity contribution in [2.24, 2.45) is 11.8 Å². The molecule has 0 unspecified atom stereocenters. The van der Waals surface area contributed by atoms with E-state index in [0.29, 0.717) is 18.8 Å². The summed E-state index contributed by atoms with van der Waals surface area (Å²) in [6, 6.07) is 0. The predicted octanol–water partition coefficient (Wildman–Crippen LogP) is 3.05. The maximum absolute atomic E-state index is 13.2. The molecule has 0 radical (unpaired) electrons. The first-order valence-electron chi connectivity index (χ1n) is 8.39. The molecule has 0 aromatic rings. The van der Waals surface area contributed by atoms with E-state index < -0.39 is 5.92 Å². The Balaban J connectivity index is 1.89. The zero-order valence-electron chi connectivity index (χ0n) is 13.0. The van der Waals surface area contributed by atoms with Gasteiger partial charge in [0.25, 0.3) is 0 Å². The van der Waals surface area contributed by atoms with E-state index in [4.69, 9.17) is 0 Å². The Morgan fingerprint density at radius 2 is 1.81 bits per heavy atom. The van der Waals surface area contributed by atoms with Crippen LogP contribution in [0.5, 0.6) is 0 Å². The SMILES string of the molecule is CCCN(CC1CCNCC1)C(=O)C1CCC(F)(F)CC1. The van der Waals surface area contributed by atoms with Crippen molar-refractivity contribution in [3.63, 3.8) is 0 Å². The molecule has 1 aliphatic carbocycles. The molecule has 0 atom stereocenters. The van der Waals surface area contributed by atoms with Crippen LogP contribution in [-0.2, 0) is 4.79 Å². The molecule has 5 heteroatoms. The van der Waals surface area contributed by atoms with Crippen LogP contribution in [0.2, 0.25) is 0 Å². The van der Waals surface area contributed by atoms with Gasteiger partial charge in [-0.1, -0.05) is 6.92 Å². The van der Waals surface area contributed by atoms with Crippen molar-refractivity contribution in [1.29, 1.82) is 0 Å². The topological polar surface area (TPSA) is 32.3 Å². The number of alkyl halides is 2. The van der Waals surface area contributed by atoms with Crippen molar-refractivity contribution in [2.75, 3.05) is 26.2 Å². The number of piperidine rings is 1. The number of hydrogen-bond donors (Lipinski definition) is 1. The molecule has 1 saturated carbocycles. The smallest absolute Gasteiger partial charge is 0.248 e. The van der Waals surface area contributed by atoms with Crippen LogP contribution >= 0.6 is 0 Å². The minimum Gasteiger partial charge on any atom is -0.342 e. The number of halogens is 2. The lowest BCUT2D eigenvalue weighted by molar-refractivity contribution is -0.140. The molecule has 2 rings (SSSR count). The molecule has 0 spiro atoms. The van der Waals surface area contributed by atoms with Gasteiger partial charge in [0.1, 0.15) is 0 Å². The van der Waals surface area contributed by atoms with E-state index in [1.165, 1.54) is 0 Å². The quantitative estimate of drug-likeness (QED) is 0.846. The molecule has 1 heterocycles. The van der Waals surface area contributed by atoms with Crippen LogP contribution < -0.4 is 5.32 Å². The summed E-state index contributed by atoms with van der Waals surface area (Å²) in [5.74, 6) is -2.06. The average Bonchev–Trinajstić information content (AvgIpc) is 2.47. The highest BCUT2D eigenvalue weighted by Crippen LogP contribution is 2.37. The number of carbonyl (C=O) groups is 1. The van der Waals surface area contributed by atoms with Crippen LogP contribution in [0.1, 0.15) is 51.9 Å². The van der Waals surface area contributed by atoms with Gasteiger partial charge < -0.3 is 10.2 Å². The molecule has 3 nitrogen and oxygen atoms in total. The minimum absolute atomic E-state index is 0.117. The highest BCUT2D eigenvalue weighted by atomic mass is 19.3. The van der Waals surface area contributed by atoms with Gasteiger partial charge in [0.05, 0.1) is 0 Å². The van der Waals surface area contributed by atoms with E-state index in [9.17, 15) is 13.6 Å². The molecule has 1 aliphatic heterocycles. The van der Waals surface area contributed by atoms with Crippen molar-refractivity contribution in [3.05, 3.63) is 0 Å². The zero-order valence-corrected chi connectivity index (χ0v) is 13.0. The van der Waals surface area contributed by atoms with Crippen LogP contribution in [0, 0.1) is 11.8 Å². The first-order valence-corrected chi connectivity index (χ1v) is 8.39. The molecular formula is C16H28F2N2O. The van der Waals surface area contributed by atoms with E-state index in [0.717, 1.165) is 45.4 Å². The number of amides is 1. The third-order valence-electron chi connectivity index (χ3n) is 4.81. The van der Waals surface area contributed by atoms with Gasteiger partial charge in [-0.2, -0.15) is 0 Å². The molecule has 21 heavy (non-hydrogen) atoms. The minimum atomic E-state index is -2.55. The van der Waals surface area contributed by atoms with Crippen LogP contribution in [-0.4, -0.2) is 42.9 Å². The monoisotopic (exact) mass is 302 g/mol. The summed E-state index contributed by atoms with van der Waals surface area (Å²) in [7, 11) is 0. The van der Waals surface area contributed by atoms with Gasteiger partial charge in [0.2, 0.25) is 11.8 Å². The number of carbonyl (C=O) groups excluding carboxylic acids is 1. The molecule has 0 aromatic heterocycles. The first kappa shape index (κ1) is 16.7. The molecule has 0 bridgehead atoms. The molecule has 1 N–H and O–H groups in total. The van der Waals surface area contributed by atoms with Crippen LogP contribution in [0.15, 0.2) is 0 Å². The summed E-state index contributed by atoms with van der Waals surface area (Å²) in [6.45, 7) is 5.68. The zero-order chi connectivity index (χ0) is 15.3. The molecule has 122 valence electrons. The summed E-state index contributed by atoms with van der Waals surface area (Å²) >= 11 is 0. The normalized spacial score (nSPS) is 24.0. The van der Waals surface area contributed by atoms with Crippen LogP contribution in [0.3, 0.4) is 0 Å². The van der Waals surface area contributed by atoms with Crippen LogP contribution in [0.4, 0.5) is 8.78 Å². The molecule has 0 aromatic carbocycles. The van der Waals surface area contributed by atoms with E-state index >= 15 is 0 Å². The van der Waals surface area contributed by atoms with Crippen molar-refractivity contribution >= 4 is 5.91 Å². The molecule has 1 amide bonds. The fraction of sp³-hybridized carbons (Fsp3) is 0.938. The summed E-state index contributed by atoms with van der Waals surface area (Å²) < 4.78 is 26.5. The lowest BCUT2D eigenvalue weighted by Gasteiger charge is -2.34. The van der Waals surface area contributed by atoms with Gasteiger partial charge in [-0.3, -0.25) is 4.79 Å². The first-order chi connectivity index (χ1) is 10.0. The Labute approximate surface area is 126 Å². The number of rotatable bonds is 5. The fourth-order valence-electron chi connectivity index (χ4n) is 3.48. The Kier molecular flexibility index (Phi) is 5.97. The van der Waals surface area contributed by atoms with Gasteiger partial charge in [0, 0.05) is 31.8 Å². The predicted molar refractivity (Wildman–Crippen MR) is 79.4 cm³/mol. The van der Waals surface area contributed by atoms with E-state index in [1.54, 1.807) is 0 Å². The number of nitrogens with zero attached hydrogens (tertiary/aromatic N) is 1. The largest absolute Gasteiger partial charge is 0.342 e. The average molecular weight is 302 g/mol. The van der Waals surface area contributed by atoms with Gasteiger partial charge in [-0.25, -0.2) is 8.78 Å². The Morgan fingerprint density at radius 1 is 1.19 bits per heavy atom. The maximum atomic E-state index is 13.2. The molecule has 1 saturated heterocycles. The maximum Gasteiger partial charge on any atom is 0.248 e. The van der Waals surface area contributed by atoms with Crippen LogP contribution in [0.25, 0.3) is 0 Å². The lowest BCUT2D eigenvalue weighted by Crippen LogP contribution is -2.43. The van der Waals surface area contributed by atoms with Crippen molar-refractivity contribution in [3.8, 4) is 0 Å². The molecular weight excluding hydrogens is 274 g/mol. The second-order valence-corrected chi connectivity index (χ2v) is 6.61. The molecule has 2 fully saturated rings. The highest BCUT2D eigenvalue weighted by Gasteiger charge is 2.38.